The molecule has 0 radical (unpaired) electrons. The van der Waals surface area contributed by atoms with Gasteiger partial charge in [0, 0.05) is 9.82 Å². The molecule has 0 saturated carbocycles. The van der Waals surface area contributed by atoms with Crippen molar-refractivity contribution in [2.45, 2.75) is 37.3 Å². The Morgan fingerprint density at radius 3 is 2.65 bits per heavy atom. The third kappa shape index (κ3) is 4.32. The van der Waals surface area contributed by atoms with Gasteiger partial charge < -0.3 is 14.6 Å². The molecule has 1 N–H and O–H groups in total. The first kappa shape index (κ1) is 17.0. The van der Waals surface area contributed by atoms with E-state index in [9.17, 15) is 9.50 Å². The molecule has 1 heterocycles. The normalized spacial score (nSPS) is 30.1. The molecule has 0 amide bonds. The van der Waals surface area contributed by atoms with E-state index in [1.165, 1.54) is 0 Å². The summed E-state index contributed by atoms with van der Waals surface area (Å²) in [4.78, 5) is 5.10. The number of aliphatic hydroxyl groups is 1. The lowest BCUT2D eigenvalue weighted by Crippen LogP contribution is -2.56. The van der Waals surface area contributed by atoms with Gasteiger partial charge in [-0.25, -0.2) is 4.39 Å². The number of nitrogens with zero attached hydrogens (tertiary/aromatic N) is 6. The Balaban J connectivity index is 2.14. The molecule has 1 fully saturated rings. The molecule has 1 aromatic carbocycles. The van der Waals surface area contributed by atoms with Crippen LogP contribution in [0.2, 0.25) is 0 Å². The van der Waals surface area contributed by atoms with Crippen molar-refractivity contribution < 1.29 is 19.0 Å². The number of hydrogen-bond acceptors (Lipinski definition) is 5. The van der Waals surface area contributed by atoms with Crippen LogP contribution in [0.4, 0.5) is 4.39 Å². The minimum absolute atomic E-state index is 0.0984. The number of ether oxygens (including phenoxy) is 2. The first-order valence-corrected chi connectivity index (χ1v) is 6.85. The monoisotopic (exact) mass is 322 g/mol. The number of aliphatic hydroxyl groups excluding tert-OH is 1. The lowest BCUT2D eigenvalue weighted by atomic mass is 9.98. The SMILES string of the molecule is [N-]=[N+]=NC[C@H]1O[C@H](O)C(N=[N+]=[N-])[C@@H](F)[C@@H]1OCc1ccccc1. The van der Waals surface area contributed by atoms with E-state index in [0.717, 1.165) is 5.56 Å². The van der Waals surface area contributed by atoms with Crippen molar-refractivity contribution in [1.29, 1.82) is 0 Å². The summed E-state index contributed by atoms with van der Waals surface area (Å²) in [7, 11) is 0. The van der Waals surface area contributed by atoms with E-state index in [1.54, 1.807) is 12.1 Å². The molecule has 1 aromatic rings. The topological polar surface area (TPSA) is 136 Å². The van der Waals surface area contributed by atoms with Gasteiger partial charge in [-0.2, -0.15) is 0 Å². The minimum atomic E-state index is -1.79. The van der Waals surface area contributed by atoms with E-state index in [0.29, 0.717) is 0 Å². The molecule has 0 bridgehead atoms. The van der Waals surface area contributed by atoms with Crippen molar-refractivity contribution in [2.75, 3.05) is 6.54 Å². The van der Waals surface area contributed by atoms with Crippen LogP contribution in [0.5, 0.6) is 0 Å². The van der Waals surface area contributed by atoms with E-state index in [1.807, 2.05) is 18.2 Å². The Hall–Kier alpha value is -2.35. The number of hydrogen-bond donors (Lipinski definition) is 1. The molecule has 1 aliphatic heterocycles. The predicted octanol–water partition coefficient (Wildman–Crippen LogP) is 2.62. The van der Waals surface area contributed by atoms with Crippen molar-refractivity contribution >= 4 is 0 Å². The Bertz CT molecular complexity index is 603. The summed E-state index contributed by atoms with van der Waals surface area (Å²) in [5.74, 6) is 0. The Morgan fingerprint density at radius 1 is 1.26 bits per heavy atom. The highest BCUT2D eigenvalue weighted by Gasteiger charge is 2.46. The summed E-state index contributed by atoms with van der Waals surface area (Å²) in [6, 6.07) is 7.64. The fourth-order valence-corrected chi connectivity index (χ4v) is 2.30. The number of rotatable bonds is 6. The van der Waals surface area contributed by atoms with Crippen molar-refractivity contribution in [2.24, 2.45) is 10.2 Å². The summed E-state index contributed by atoms with van der Waals surface area (Å²) >= 11 is 0. The van der Waals surface area contributed by atoms with Crippen LogP contribution >= 0.6 is 0 Å². The molecule has 0 aromatic heterocycles. The Labute approximate surface area is 130 Å². The van der Waals surface area contributed by atoms with Crippen LogP contribution in [-0.4, -0.2) is 42.4 Å². The lowest BCUT2D eigenvalue weighted by Gasteiger charge is -2.39. The van der Waals surface area contributed by atoms with E-state index < -0.39 is 30.7 Å². The highest BCUT2D eigenvalue weighted by atomic mass is 19.1. The fraction of sp³-hybridized carbons (Fsp3) is 0.538. The maximum atomic E-state index is 14.6. The molecule has 0 aliphatic carbocycles. The summed E-state index contributed by atoms with van der Waals surface area (Å²) in [6.07, 6.45) is -5.54. The average Bonchev–Trinajstić information content (AvgIpc) is 2.57. The number of alkyl halides is 1. The Kier molecular flexibility index (Phi) is 6.16. The van der Waals surface area contributed by atoms with E-state index in [2.05, 4.69) is 20.1 Å². The van der Waals surface area contributed by atoms with Crippen LogP contribution < -0.4 is 0 Å². The molecule has 5 atom stereocenters. The summed E-state index contributed by atoms with van der Waals surface area (Å²) in [6.45, 7) is -0.114. The van der Waals surface area contributed by atoms with Gasteiger partial charge >= 0.3 is 0 Å². The van der Waals surface area contributed by atoms with Crippen LogP contribution in [-0.2, 0) is 16.1 Å². The maximum Gasteiger partial charge on any atom is 0.166 e. The largest absolute Gasteiger partial charge is 0.368 e. The van der Waals surface area contributed by atoms with Crippen LogP contribution in [0, 0.1) is 0 Å². The van der Waals surface area contributed by atoms with Gasteiger partial charge in [-0.3, -0.25) is 0 Å². The highest BCUT2D eigenvalue weighted by Crippen LogP contribution is 2.28. The van der Waals surface area contributed by atoms with Crippen molar-refractivity contribution in [3.63, 3.8) is 0 Å². The van der Waals surface area contributed by atoms with Gasteiger partial charge in [0.2, 0.25) is 0 Å². The van der Waals surface area contributed by atoms with E-state index in [4.69, 9.17) is 20.5 Å². The third-order valence-electron chi connectivity index (χ3n) is 3.41. The van der Waals surface area contributed by atoms with Gasteiger partial charge in [-0.1, -0.05) is 40.6 Å². The zero-order valence-electron chi connectivity index (χ0n) is 12.0. The molecule has 10 heteroatoms. The number of azide groups is 2. The van der Waals surface area contributed by atoms with E-state index >= 15 is 0 Å². The van der Waals surface area contributed by atoms with Crippen LogP contribution in [0.1, 0.15) is 5.56 Å². The Morgan fingerprint density at radius 2 is 2.00 bits per heavy atom. The van der Waals surface area contributed by atoms with Crippen LogP contribution in [0.15, 0.2) is 40.6 Å². The lowest BCUT2D eigenvalue weighted by molar-refractivity contribution is -0.239. The minimum Gasteiger partial charge on any atom is -0.368 e. The van der Waals surface area contributed by atoms with Gasteiger partial charge in [0.1, 0.15) is 18.3 Å². The molecule has 9 nitrogen and oxygen atoms in total. The van der Waals surface area contributed by atoms with Gasteiger partial charge in [-0.05, 0) is 16.6 Å². The molecule has 1 saturated heterocycles. The first-order valence-electron chi connectivity index (χ1n) is 6.85. The van der Waals surface area contributed by atoms with Gasteiger partial charge in [0.15, 0.2) is 6.29 Å². The van der Waals surface area contributed by atoms with E-state index in [-0.39, 0.29) is 13.2 Å². The molecule has 23 heavy (non-hydrogen) atoms. The summed E-state index contributed by atoms with van der Waals surface area (Å²) in [5, 5.41) is 16.3. The second-order valence-corrected chi connectivity index (χ2v) is 4.88. The molecular formula is C13H15FN6O3. The zero-order valence-corrected chi connectivity index (χ0v) is 12.0. The first-order chi connectivity index (χ1) is 11.2. The van der Waals surface area contributed by atoms with Gasteiger partial charge in [0.25, 0.3) is 0 Å². The van der Waals surface area contributed by atoms with Crippen molar-refractivity contribution in [1.82, 2.24) is 0 Å². The molecule has 2 rings (SSSR count). The molecule has 1 aliphatic rings. The van der Waals surface area contributed by atoms with Gasteiger partial charge in [0.05, 0.1) is 19.3 Å². The standard InChI is InChI=1S/C13H15FN6O3/c14-10-11(18-20-16)13(21)23-9(6-17-19-15)12(10)22-7-8-4-2-1-3-5-8/h1-5,9-13,21H,6-7H2/t9-,10-,11?,12-,13+/m1/s1. The third-order valence-corrected chi connectivity index (χ3v) is 3.41. The second kappa shape index (κ2) is 8.33. The second-order valence-electron chi connectivity index (χ2n) is 4.88. The van der Waals surface area contributed by atoms with Crippen LogP contribution in [0.25, 0.3) is 20.9 Å². The fourth-order valence-electron chi connectivity index (χ4n) is 2.30. The van der Waals surface area contributed by atoms with Crippen molar-refractivity contribution in [3.8, 4) is 0 Å². The quantitative estimate of drug-likeness (QED) is 0.489. The number of benzene rings is 1. The van der Waals surface area contributed by atoms with Gasteiger partial charge in [-0.15, -0.1) is 0 Å². The average molecular weight is 322 g/mol. The molecule has 122 valence electrons. The predicted molar refractivity (Wildman–Crippen MR) is 77.7 cm³/mol. The molecule has 1 unspecified atom stereocenters. The summed E-state index contributed by atoms with van der Waals surface area (Å²) in [5.41, 5.74) is 17.7. The van der Waals surface area contributed by atoms with Crippen LogP contribution in [0.3, 0.4) is 0 Å². The van der Waals surface area contributed by atoms with Crippen molar-refractivity contribution in [3.05, 3.63) is 56.8 Å². The smallest absolute Gasteiger partial charge is 0.166 e. The highest BCUT2D eigenvalue weighted by molar-refractivity contribution is 5.13. The number of halogens is 1. The summed E-state index contributed by atoms with van der Waals surface area (Å²) < 4.78 is 25.3. The zero-order chi connectivity index (χ0) is 16.7. The molecule has 0 spiro atoms. The molecular weight excluding hydrogens is 307 g/mol. The maximum absolute atomic E-state index is 14.6.